The molecule has 3 heterocycles. The number of aryl methyl sites for hydroxylation is 1. The topological polar surface area (TPSA) is 105 Å². The third-order valence-electron chi connectivity index (χ3n) is 3.48. The molecule has 0 atom stereocenters. The summed E-state index contributed by atoms with van der Waals surface area (Å²) in [4.78, 5) is 20.2. The van der Waals surface area contributed by atoms with Gasteiger partial charge in [-0.3, -0.25) is 0 Å². The molecule has 3 aromatic heterocycles. The zero-order chi connectivity index (χ0) is 16.6. The summed E-state index contributed by atoms with van der Waals surface area (Å²) in [5.74, 6) is 0.0998. The summed E-state index contributed by atoms with van der Waals surface area (Å²) in [6.07, 6.45) is 1.58. The van der Waals surface area contributed by atoms with Crippen LogP contribution in [0.2, 0.25) is 0 Å². The van der Waals surface area contributed by atoms with Crippen LogP contribution in [0.15, 0.2) is 24.4 Å². The van der Waals surface area contributed by atoms with Crippen LogP contribution in [0.4, 0.5) is 5.82 Å². The summed E-state index contributed by atoms with van der Waals surface area (Å²) in [6.45, 7) is 1.83. The predicted molar refractivity (Wildman–Crippen MR) is 83.3 cm³/mol. The maximum absolute atomic E-state index is 11.9. The number of carbonyl (C=O) groups is 1. The minimum Gasteiger partial charge on any atom is -0.480 e. The Morgan fingerprint density at radius 3 is 2.78 bits per heavy atom. The van der Waals surface area contributed by atoms with E-state index in [0.29, 0.717) is 22.7 Å². The fourth-order valence-electron chi connectivity index (χ4n) is 2.23. The lowest BCUT2D eigenvalue weighted by Crippen LogP contribution is -2.06. The summed E-state index contributed by atoms with van der Waals surface area (Å²) in [5, 5.41) is 4.49. The number of pyridine rings is 1. The van der Waals surface area contributed by atoms with E-state index in [1.54, 1.807) is 28.9 Å². The van der Waals surface area contributed by atoms with Crippen molar-refractivity contribution in [3.63, 3.8) is 0 Å². The lowest BCUT2D eigenvalue weighted by Gasteiger charge is -2.08. The number of hydrogen-bond donors (Lipinski definition) is 1. The molecule has 2 N–H and O–H groups in total. The smallest absolute Gasteiger partial charge is 0.343 e. The number of rotatable bonds is 3. The second kappa shape index (κ2) is 5.56. The van der Waals surface area contributed by atoms with Crippen molar-refractivity contribution < 1.29 is 14.3 Å². The van der Waals surface area contributed by atoms with Crippen LogP contribution in [0, 0.1) is 6.92 Å². The number of nitrogen functional groups attached to an aromatic ring is 1. The van der Waals surface area contributed by atoms with Gasteiger partial charge in [0.05, 0.1) is 25.6 Å². The largest absolute Gasteiger partial charge is 0.480 e. The minimum absolute atomic E-state index is 0.199. The van der Waals surface area contributed by atoms with Crippen molar-refractivity contribution in [1.29, 1.82) is 0 Å². The number of ether oxygens (including phenoxy) is 2. The highest BCUT2D eigenvalue weighted by molar-refractivity contribution is 5.93. The summed E-state index contributed by atoms with van der Waals surface area (Å²) in [7, 11) is 2.74. The zero-order valence-electron chi connectivity index (χ0n) is 12.9. The van der Waals surface area contributed by atoms with E-state index in [2.05, 4.69) is 15.1 Å². The first-order valence-corrected chi connectivity index (χ1v) is 6.79. The molecular formula is C15H15N5O3. The van der Waals surface area contributed by atoms with Gasteiger partial charge in [-0.25, -0.2) is 19.3 Å². The molecule has 0 aliphatic heterocycles. The lowest BCUT2D eigenvalue weighted by atomic mass is 10.1. The molecule has 0 saturated carbocycles. The molecule has 0 aromatic carbocycles. The van der Waals surface area contributed by atoms with E-state index in [-0.39, 0.29) is 11.4 Å². The predicted octanol–water partition coefficient (Wildman–Crippen LogP) is 1.48. The monoisotopic (exact) mass is 313 g/mol. The van der Waals surface area contributed by atoms with Crippen molar-refractivity contribution >= 4 is 17.4 Å². The minimum atomic E-state index is -0.527. The van der Waals surface area contributed by atoms with Gasteiger partial charge in [-0.05, 0) is 25.1 Å². The van der Waals surface area contributed by atoms with Crippen LogP contribution in [0.25, 0.3) is 16.9 Å². The maximum Gasteiger partial charge on any atom is 0.343 e. The molecule has 0 aliphatic rings. The second-order valence-electron chi connectivity index (χ2n) is 4.84. The molecule has 0 bridgehead atoms. The van der Waals surface area contributed by atoms with E-state index in [9.17, 15) is 4.79 Å². The molecule has 3 rings (SSSR count). The quantitative estimate of drug-likeness (QED) is 0.730. The fourth-order valence-corrected chi connectivity index (χ4v) is 2.23. The molecule has 118 valence electrons. The van der Waals surface area contributed by atoms with Crippen molar-refractivity contribution in [2.24, 2.45) is 0 Å². The van der Waals surface area contributed by atoms with Crippen LogP contribution in [0.1, 0.15) is 16.1 Å². The van der Waals surface area contributed by atoms with Gasteiger partial charge in [0.25, 0.3) is 0 Å². The highest BCUT2D eigenvalue weighted by Crippen LogP contribution is 2.24. The average molecular weight is 313 g/mol. The molecule has 23 heavy (non-hydrogen) atoms. The molecule has 0 unspecified atom stereocenters. The number of esters is 1. The van der Waals surface area contributed by atoms with Gasteiger partial charge in [0, 0.05) is 11.8 Å². The summed E-state index contributed by atoms with van der Waals surface area (Å²) in [6, 6.07) is 5.21. The van der Waals surface area contributed by atoms with Crippen molar-refractivity contribution in [3.05, 3.63) is 35.7 Å². The Balaban J connectivity index is 2.14. The van der Waals surface area contributed by atoms with Gasteiger partial charge in [-0.1, -0.05) is 0 Å². The van der Waals surface area contributed by atoms with Gasteiger partial charge in [0.2, 0.25) is 5.88 Å². The molecule has 0 saturated heterocycles. The summed E-state index contributed by atoms with van der Waals surface area (Å²) in [5.41, 5.74) is 8.71. The number of anilines is 1. The van der Waals surface area contributed by atoms with Gasteiger partial charge in [-0.2, -0.15) is 5.10 Å². The van der Waals surface area contributed by atoms with E-state index in [4.69, 9.17) is 15.2 Å². The number of aromatic nitrogens is 4. The van der Waals surface area contributed by atoms with Crippen LogP contribution >= 0.6 is 0 Å². The van der Waals surface area contributed by atoms with Crippen LogP contribution in [0.3, 0.4) is 0 Å². The van der Waals surface area contributed by atoms with Gasteiger partial charge < -0.3 is 15.2 Å². The number of imidazole rings is 1. The fraction of sp³-hybridized carbons (Fsp3) is 0.200. The number of carbonyl (C=O) groups excluding carboxylic acids is 1. The van der Waals surface area contributed by atoms with Crippen LogP contribution in [-0.2, 0) is 4.74 Å². The van der Waals surface area contributed by atoms with Crippen molar-refractivity contribution in [1.82, 2.24) is 19.6 Å². The molecule has 0 spiro atoms. The first-order chi connectivity index (χ1) is 11.0. The van der Waals surface area contributed by atoms with Gasteiger partial charge in [0.15, 0.2) is 5.65 Å². The SMILES string of the molecule is COC(=O)c1cc(-c2ccc3nc(N)c(C)n3n2)cnc1OC. The maximum atomic E-state index is 11.9. The molecule has 3 aromatic rings. The third kappa shape index (κ3) is 2.44. The lowest BCUT2D eigenvalue weighted by molar-refractivity contribution is 0.0596. The van der Waals surface area contributed by atoms with E-state index in [1.165, 1.54) is 14.2 Å². The average Bonchev–Trinajstić information content (AvgIpc) is 2.87. The Kier molecular flexibility index (Phi) is 3.57. The third-order valence-corrected chi connectivity index (χ3v) is 3.48. The highest BCUT2D eigenvalue weighted by atomic mass is 16.5. The Hall–Kier alpha value is -3.16. The van der Waals surface area contributed by atoms with E-state index >= 15 is 0 Å². The van der Waals surface area contributed by atoms with E-state index < -0.39 is 5.97 Å². The molecule has 8 heteroatoms. The molecule has 0 aliphatic carbocycles. The van der Waals surface area contributed by atoms with Gasteiger partial charge in [0.1, 0.15) is 11.4 Å². The molecule has 0 radical (unpaired) electrons. The van der Waals surface area contributed by atoms with Crippen LogP contribution in [-0.4, -0.2) is 39.8 Å². The Morgan fingerprint density at radius 1 is 1.30 bits per heavy atom. The van der Waals surface area contributed by atoms with E-state index in [0.717, 1.165) is 5.69 Å². The Bertz CT molecular complexity index is 904. The summed E-state index contributed by atoms with van der Waals surface area (Å²) < 4.78 is 11.5. The number of hydrogen-bond acceptors (Lipinski definition) is 7. The van der Waals surface area contributed by atoms with Crippen molar-refractivity contribution in [3.8, 4) is 17.1 Å². The first kappa shape index (κ1) is 14.8. The number of nitrogens with zero attached hydrogens (tertiary/aromatic N) is 4. The van der Waals surface area contributed by atoms with Gasteiger partial charge >= 0.3 is 5.97 Å². The van der Waals surface area contributed by atoms with Crippen molar-refractivity contribution in [2.75, 3.05) is 20.0 Å². The number of fused-ring (bicyclic) bond motifs is 1. The Labute approximate surface area is 131 Å². The molecular weight excluding hydrogens is 298 g/mol. The highest BCUT2D eigenvalue weighted by Gasteiger charge is 2.17. The number of methoxy groups -OCH3 is 2. The molecule has 0 fully saturated rings. The Morgan fingerprint density at radius 2 is 2.09 bits per heavy atom. The van der Waals surface area contributed by atoms with Crippen molar-refractivity contribution in [2.45, 2.75) is 6.92 Å². The van der Waals surface area contributed by atoms with Crippen LogP contribution < -0.4 is 10.5 Å². The van der Waals surface area contributed by atoms with E-state index in [1.807, 2.05) is 6.92 Å². The van der Waals surface area contributed by atoms with Gasteiger partial charge in [-0.15, -0.1) is 0 Å². The summed E-state index contributed by atoms with van der Waals surface area (Å²) >= 11 is 0. The van der Waals surface area contributed by atoms with Crippen LogP contribution in [0.5, 0.6) is 5.88 Å². The first-order valence-electron chi connectivity index (χ1n) is 6.79. The normalized spacial score (nSPS) is 10.7. The zero-order valence-corrected chi connectivity index (χ0v) is 12.9. The second-order valence-corrected chi connectivity index (χ2v) is 4.84. The molecule has 0 amide bonds. The standard InChI is InChI=1S/C15H15N5O3/c1-8-13(16)18-12-5-4-11(19-20(8)12)9-6-10(15(21)23-3)14(22-2)17-7-9/h4-7H,16H2,1-3H3. The molecule has 8 nitrogen and oxygen atoms in total. The number of nitrogens with two attached hydrogens (primary N) is 1.